The van der Waals surface area contributed by atoms with Gasteiger partial charge in [-0.05, 0) is 60.1 Å². The molecule has 0 aromatic heterocycles. The van der Waals surface area contributed by atoms with E-state index in [1.165, 1.54) is 31.2 Å². The Kier molecular flexibility index (Phi) is 3.25. The Hall–Kier alpha value is -0.820. The van der Waals surface area contributed by atoms with Crippen LogP contribution in [0.3, 0.4) is 0 Å². The molecule has 0 heterocycles. The lowest BCUT2D eigenvalue weighted by atomic mass is 9.63. The molecule has 1 atom stereocenters. The van der Waals surface area contributed by atoms with E-state index in [-0.39, 0.29) is 0 Å². The van der Waals surface area contributed by atoms with Gasteiger partial charge in [0.05, 0.1) is 0 Å². The molecule has 20 heavy (non-hydrogen) atoms. The van der Waals surface area contributed by atoms with E-state index in [4.69, 9.17) is 0 Å². The van der Waals surface area contributed by atoms with Crippen LogP contribution in [0.4, 0.5) is 0 Å². The topological polar surface area (TPSA) is 12.0 Å². The molecule has 1 aromatic carbocycles. The number of hydrogen-bond donors (Lipinski definition) is 1. The average molecular weight is 271 g/mol. The predicted octanol–water partition coefficient (Wildman–Crippen LogP) is 4.85. The second-order valence-corrected chi connectivity index (χ2v) is 8.24. The molecule has 1 saturated carbocycles. The molecular formula is C19H29N. The zero-order valence-electron chi connectivity index (χ0n) is 13.7. The van der Waals surface area contributed by atoms with Gasteiger partial charge in [-0.25, -0.2) is 0 Å². The van der Waals surface area contributed by atoms with Crippen molar-refractivity contribution in [3.8, 4) is 0 Å². The van der Waals surface area contributed by atoms with E-state index in [0.29, 0.717) is 16.9 Å². The molecule has 0 bridgehead atoms. The van der Waals surface area contributed by atoms with Crippen LogP contribution in [-0.2, 0) is 10.8 Å². The van der Waals surface area contributed by atoms with Crippen LogP contribution in [0, 0.1) is 0 Å². The highest BCUT2D eigenvalue weighted by Crippen LogP contribution is 2.46. The van der Waals surface area contributed by atoms with Crippen molar-refractivity contribution in [1.29, 1.82) is 0 Å². The molecule has 0 aliphatic heterocycles. The van der Waals surface area contributed by atoms with Crippen molar-refractivity contribution in [1.82, 2.24) is 5.32 Å². The minimum Gasteiger partial charge on any atom is -0.307 e. The van der Waals surface area contributed by atoms with Gasteiger partial charge in [0, 0.05) is 12.1 Å². The second kappa shape index (κ2) is 4.59. The van der Waals surface area contributed by atoms with E-state index in [9.17, 15) is 0 Å². The maximum Gasteiger partial charge on any atom is 0.0294 e. The summed E-state index contributed by atoms with van der Waals surface area (Å²) < 4.78 is 0. The van der Waals surface area contributed by atoms with Gasteiger partial charge in [-0.2, -0.15) is 0 Å². The Bertz CT molecular complexity index is 508. The summed E-state index contributed by atoms with van der Waals surface area (Å²) in [5.41, 5.74) is 5.25. The van der Waals surface area contributed by atoms with E-state index < -0.39 is 0 Å². The van der Waals surface area contributed by atoms with Crippen LogP contribution >= 0.6 is 0 Å². The molecule has 3 rings (SSSR count). The van der Waals surface area contributed by atoms with Gasteiger partial charge < -0.3 is 5.32 Å². The quantitative estimate of drug-likeness (QED) is 0.828. The first-order valence-corrected chi connectivity index (χ1v) is 8.21. The van der Waals surface area contributed by atoms with Crippen molar-refractivity contribution in [3.63, 3.8) is 0 Å². The summed E-state index contributed by atoms with van der Waals surface area (Å²) in [6.45, 7) is 11.9. The molecule has 1 heteroatoms. The molecular weight excluding hydrogens is 242 g/mol. The maximum atomic E-state index is 3.72. The van der Waals surface area contributed by atoms with Crippen LogP contribution in [0.5, 0.6) is 0 Å². The number of benzene rings is 1. The Labute approximate surface area is 124 Å². The first-order chi connectivity index (χ1) is 9.29. The fourth-order valence-corrected chi connectivity index (χ4v) is 3.58. The zero-order chi connectivity index (χ0) is 14.5. The monoisotopic (exact) mass is 271 g/mol. The smallest absolute Gasteiger partial charge is 0.0294 e. The van der Waals surface area contributed by atoms with E-state index in [1.807, 2.05) is 0 Å². The summed E-state index contributed by atoms with van der Waals surface area (Å²) >= 11 is 0. The molecule has 0 saturated heterocycles. The van der Waals surface area contributed by atoms with Crippen LogP contribution in [0.25, 0.3) is 0 Å². The highest BCUT2D eigenvalue weighted by Gasteiger charge is 2.37. The van der Waals surface area contributed by atoms with E-state index >= 15 is 0 Å². The third-order valence-electron chi connectivity index (χ3n) is 5.44. The van der Waals surface area contributed by atoms with Gasteiger partial charge >= 0.3 is 0 Å². The van der Waals surface area contributed by atoms with E-state index in [0.717, 1.165) is 6.04 Å². The van der Waals surface area contributed by atoms with E-state index in [2.05, 4.69) is 58.1 Å². The third kappa shape index (κ3) is 2.53. The summed E-state index contributed by atoms with van der Waals surface area (Å²) in [6, 6.07) is 8.48. The zero-order valence-corrected chi connectivity index (χ0v) is 13.7. The fraction of sp³-hybridized carbons (Fsp3) is 0.684. The number of fused-ring (bicyclic) bond motifs is 1. The number of nitrogens with one attached hydrogen (secondary N) is 1. The minimum atomic E-state index is 0.320. The Morgan fingerprint density at radius 3 is 2.20 bits per heavy atom. The second-order valence-electron chi connectivity index (χ2n) is 8.24. The van der Waals surface area contributed by atoms with Crippen LogP contribution in [0.2, 0.25) is 0 Å². The van der Waals surface area contributed by atoms with Gasteiger partial charge in [0.2, 0.25) is 0 Å². The van der Waals surface area contributed by atoms with Gasteiger partial charge in [-0.3, -0.25) is 0 Å². The largest absolute Gasteiger partial charge is 0.307 e. The van der Waals surface area contributed by atoms with Crippen molar-refractivity contribution >= 4 is 0 Å². The van der Waals surface area contributed by atoms with Gasteiger partial charge in [0.1, 0.15) is 0 Å². The molecule has 1 fully saturated rings. The lowest BCUT2D eigenvalue weighted by Crippen LogP contribution is -2.34. The lowest BCUT2D eigenvalue weighted by Gasteiger charge is -2.42. The third-order valence-corrected chi connectivity index (χ3v) is 5.44. The van der Waals surface area contributed by atoms with Gasteiger partial charge in [0.15, 0.2) is 0 Å². The van der Waals surface area contributed by atoms with Crippen molar-refractivity contribution in [2.24, 2.45) is 0 Å². The number of hydrogen-bond acceptors (Lipinski definition) is 1. The van der Waals surface area contributed by atoms with Crippen molar-refractivity contribution in [2.45, 2.75) is 83.2 Å². The molecule has 0 amide bonds. The SMILES string of the molecule is CC(NC1CC1)c1ccc2c(c1)C(C)(C)CCC2(C)C. The molecule has 110 valence electrons. The summed E-state index contributed by atoms with van der Waals surface area (Å²) in [7, 11) is 0. The fourth-order valence-electron chi connectivity index (χ4n) is 3.58. The molecule has 1 nitrogen and oxygen atoms in total. The Morgan fingerprint density at radius 2 is 1.60 bits per heavy atom. The summed E-state index contributed by atoms with van der Waals surface area (Å²) in [5, 5.41) is 3.72. The maximum absolute atomic E-state index is 3.72. The summed E-state index contributed by atoms with van der Waals surface area (Å²) in [6.07, 6.45) is 5.30. The highest BCUT2D eigenvalue weighted by molar-refractivity contribution is 5.44. The molecule has 2 aliphatic carbocycles. The van der Waals surface area contributed by atoms with Crippen molar-refractivity contribution < 1.29 is 0 Å². The molecule has 0 spiro atoms. The molecule has 1 unspecified atom stereocenters. The average Bonchev–Trinajstić information content (AvgIpc) is 3.19. The standard InChI is InChI=1S/C19H29N/c1-13(20-15-7-8-15)14-6-9-16-17(12-14)19(4,5)11-10-18(16,2)3/h6,9,12-13,15,20H,7-8,10-11H2,1-5H3. The summed E-state index contributed by atoms with van der Waals surface area (Å²) in [4.78, 5) is 0. The van der Waals surface area contributed by atoms with Gasteiger partial charge in [-0.1, -0.05) is 45.9 Å². The Morgan fingerprint density at radius 1 is 1.00 bits per heavy atom. The first-order valence-electron chi connectivity index (χ1n) is 8.21. The molecule has 1 aromatic rings. The van der Waals surface area contributed by atoms with E-state index in [1.54, 1.807) is 11.1 Å². The minimum absolute atomic E-state index is 0.320. The van der Waals surface area contributed by atoms with Gasteiger partial charge in [-0.15, -0.1) is 0 Å². The molecule has 0 radical (unpaired) electrons. The van der Waals surface area contributed by atoms with Crippen molar-refractivity contribution in [2.75, 3.05) is 0 Å². The highest BCUT2D eigenvalue weighted by atomic mass is 15.0. The molecule has 2 aliphatic rings. The number of rotatable bonds is 3. The van der Waals surface area contributed by atoms with Crippen LogP contribution in [0.1, 0.15) is 83.0 Å². The summed E-state index contributed by atoms with van der Waals surface area (Å²) in [5.74, 6) is 0. The van der Waals surface area contributed by atoms with Gasteiger partial charge in [0.25, 0.3) is 0 Å². The van der Waals surface area contributed by atoms with Crippen LogP contribution < -0.4 is 5.32 Å². The van der Waals surface area contributed by atoms with Crippen LogP contribution in [-0.4, -0.2) is 6.04 Å². The molecule has 1 N–H and O–H groups in total. The van der Waals surface area contributed by atoms with Crippen LogP contribution in [0.15, 0.2) is 18.2 Å². The van der Waals surface area contributed by atoms with Crippen molar-refractivity contribution in [3.05, 3.63) is 34.9 Å². The lowest BCUT2D eigenvalue weighted by molar-refractivity contribution is 0.331. The Balaban J connectivity index is 1.97. The predicted molar refractivity (Wildman–Crippen MR) is 86.3 cm³/mol. The first kappa shape index (κ1) is 14.1. The normalized spacial score (nSPS) is 25.1.